The van der Waals surface area contributed by atoms with E-state index >= 15 is 0 Å². The van der Waals surface area contributed by atoms with Crippen molar-refractivity contribution < 1.29 is 0 Å². The molecule has 0 radical (unpaired) electrons. The Balaban J connectivity index is 2.24. The summed E-state index contributed by atoms with van der Waals surface area (Å²) in [6.07, 6.45) is 7.90. The van der Waals surface area contributed by atoms with Crippen LogP contribution in [0.25, 0.3) is 15.3 Å². The van der Waals surface area contributed by atoms with Crippen molar-refractivity contribution in [3.63, 3.8) is 0 Å². The molecular formula is C10H9N3S. The molecule has 0 saturated heterocycles. The first-order chi connectivity index (χ1) is 6.84. The fourth-order valence-corrected chi connectivity index (χ4v) is 2.52. The first-order valence-corrected chi connectivity index (χ1v) is 5.23. The monoisotopic (exact) mass is 203 g/mol. The van der Waals surface area contributed by atoms with Crippen LogP contribution in [0.2, 0.25) is 0 Å². The molecule has 0 spiro atoms. The molecule has 0 aliphatic heterocycles. The number of aromatic amines is 1. The summed E-state index contributed by atoms with van der Waals surface area (Å²) in [7, 11) is 0. The SMILES string of the molecule is Cc1cnn2cc(-c3cc[nH]c3)sc12. The zero-order chi connectivity index (χ0) is 9.54. The van der Waals surface area contributed by atoms with Crippen molar-refractivity contribution in [1.29, 1.82) is 0 Å². The molecule has 3 nitrogen and oxygen atoms in total. The standard InChI is InChI=1S/C10H9N3S/c1-7-4-12-13-6-9(14-10(7)13)8-2-3-11-5-8/h2-6,11H,1H3. The van der Waals surface area contributed by atoms with Gasteiger partial charge >= 0.3 is 0 Å². The van der Waals surface area contributed by atoms with Crippen LogP contribution in [0.15, 0.2) is 30.9 Å². The molecule has 3 rings (SSSR count). The fraction of sp³-hybridized carbons (Fsp3) is 0.100. The van der Waals surface area contributed by atoms with E-state index in [0.717, 1.165) is 0 Å². The Morgan fingerprint density at radius 1 is 1.50 bits per heavy atom. The summed E-state index contributed by atoms with van der Waals surface area (Å²) in [5, 5.41) is 4.27. The Morgan fingerprint density at radius 3 is 3.14 bits per heavy atom. The number of H-pyrrole nitrogens is 1. The Labute approximate surface area is 85.0 Å². The minimum absolute atomic E-state index is 1.22. The van der Waals surface area contributed by atoms with Crippen molar-refractivity contribution in [3.05, 3.63) is 36.4 Å². The van der Waals surface area contributed by atoms with Gasteiger partial charge in [-0.1, -0.05) is 0 Å². The zero-order valence-electron chi connectivity index (χ0n) is 7.69. The molecule has 0 fully saturated rings. The summed E-state index contributed by atoms with van der Waals surface area (Å²) >= 11 is 1.77. The van der Waals surface area contributed by atoms with E-state index in [9.17, 15) is 0 Å². The molecule has 0 aliphatic carbocycles. The number of hydrogen-bond donors (Lipinski definition) is 1. The maximum Gasteiger partial charge on any atom is 0.122 e. The lowest BCUT2D eigenvalue weighted by molar-refractivity contribution is 0.978. The highest BCUT2D eigenvalue weighted by Crippen LogP contribution is 2.29. The molecule has 0 unspecified atom stereocenters. The molecule has 3 aromatic heterocycles. The minimum atomic E-state index is 1.22. The third-order valence-electron chi connectivity index (χ3n) is 2.25. The molecule has 4 heteroatoms. The van der Waals surface area contributed by atoms with E-state index in [4.69, 9.17) is 0 Å². The Hall–Kier alpha value is -1.55. The number of thiazole rings is 1. The van der Waals surface area contributed by atoms with Crippen LogP contribution in [0.1, 0.15) is 5.56 Å². The average Bonchev–Trinajstić information content (AvgIpc) is 2.83. The van der Waals surface area contributed by atoms with Gasteiger partial charge in [0.2, 0.25) is 0 Å². The van der Waals surface area contributed by atoms with Gasteiger partial charge in [-0.25, -0.2) is 4.52 Å². The van der Waals surface area contributed by atoms with Gasteiger partial charge in [0.25, 0.3) is 0 Å². The van der Waals surface area contributed by atoms with Crippen molar-refractivity contribution in [1.82, 2.24) is 14.6 Å². The largest absolute Gasteiger partial charge is 0.367 e. The first kappa shape index (κ1) is 7.82. The molecule has 3 heterocycles. The van der Waals surface area contributed by atoms with Crippen LogP contribution in [0.3, 0.4) is 0 Å². The highest BCUT2D eigenvalue weighted by molar-refractivity contribution is 7.20. The highest BCUT2D eigenvalue weighted by Gasteiger charge is 2.07. The van der Waals surface area contributed by atoms with E-state index in [2.05, 4.69) is 29.3 Å². The van der Waals surface area contributed by atoms with Crippen molar-refractivity contribution in [2.75, 3.05) is 0 Å². The number of nitrogens with one attached hydrogen (secondary N) is 1. The molecule has 70 valence electrons. The topological polar surface area (TPSA) is 33.1 Å². The summed E-state index contributed by atoms with van der Waals surface area (Å²) in [5.41, 5.74) is 2.46. The van der Waals surface area contributed by atoms with Gasteiger partial charge in [0.15, 0.2) is 0 Å². The molecule has 0 aliphatic rings. The van der Waals surface area contributed by atoms with E-state index in [0.29, 0.717) is 0 Å². The van der Waals surface area contributed by atoms with Crippen molar-refractivity contribution in [3.8, 4) is 10.4 Å². The van der Waals surface area contributed by atoms with Crippen LogP contribution in [-0.4, -0.2) is 14.6 Å². The molecule has 1 N–H and O–H groups in total. The number of hydrogen-bond acceptors (Lipinski definition) is 2. The van der Waals surface area contributed by atoms with Gasteiger partial charge in [0, 0.05) is 29.7 Å². The maximum absolute atomic E-state index is 4.27. The van der Waals surface area contributed by atoms with Gasteiger partial charge in [0.1, 0.15) is 4.83 Å². The smallest absolute Gasteiger partial charge is 0.122 e. The first-order valence-electron chi connectivity index (χ1n) is 4.41. The summed E-state index contributed by atoms with van der Waals surface area (Å²) in [4.78, 5) is 5.53. The van der Waals surface area contributed by atoms with E-state index in [-0.39, 0.29) is 0 Å². The maximum atomic E-state index is 4.27. The molecule has 0 atom stereocenters. The normalized spacial score (nSPS) is 11.2. The molecule has 0 bridgehead atoms. The predicted octanol–water partition coefficient (Wildman–Crippen LogP) is 2.70. The lowest BCUT2D eigenvalue weighted by Crippen LogP contribution is -1.76. The van der Waals surface area contributed by atoms with E-state index in [1.54, 1.807) is 11.3 Å². The third-order valence-corrected chi connectivity index (χ3v) is 3.51. The van der Waals surface area contributed by atoms with Gasteiger partial charge in [0.05, 0.1) is 11.1 Å². The Morgan fingerprint density at radius 2 is 2.43 bits per heavy atom. The quantitative estimate of drug-likeness (QED) is 0.648. The fourth-order valence-electron chi connectivity index (χ4n) is 1.51. The molecule has 0 amide bonds. The van der Waals surface area contributed by atoms with Gasteiger partial charge in [-0.3, -0.25) is 0 Å². The van der Waals surface area contributed by atoms with Crippen LogP contribution in [0.5, 0.6) is 0 Å². The summed E-state index contributed by atoms with van der Waals surface area (Å²) in [6.45, 7) is 2.08. The predicted molar refractivity (Wildman–Crippen MR) is 57.6 cm³/mol. The lowest BCUT2D eigenvalue weighted by Gasteiger charge is -1.85. The molecule has 0 saturated carbocycles. The number of nitrogens with zero attached hydrogens (tertiary/aromatic N) is 2. The van der Waals surface area contributed by atoms with Crippen LogP contribution < -0.4 is 0 Å². The summed E-state index contributed by atoms with van der Waals surface area (Å²) in [5.74, 6) is 0. The molecule has 0 aromatic carbocycles. The lowest BCUT2D eigenvalue weighted by atomic mass is 10.3. The number of aromatic nitrogens is 3. The van der Waals surface area contributed by atoms with E-state index < -0.39 is 0 Å². The molecule has 3 aromatic rings. The average molecular weight is 203 g/mol. The highest BCUT2D eigenvalue weighted by atomic mass is 32.1. The molecular weight excluding hydrogens is 194 g/mol. The van der Waals surface area contributed by atoms with E-state index in [1.807, 2.05) is 23.1 Å². The van der Waals surface area contributed by atoms with Crippen LogP contribution >= 0.6 is 11.3 Å². The summed E-state index contributed by atoms with van der Waals surface area (Å²) < 4.78 is 1.93. The second-order valence-electron chi connectivity index (χ2n) is 3.27. The molecule has 14 heavy (non-hydrogen) atoms. The van der Waals surface area contributed by atoms with Gasteiger partial charge in [-0.15, -0.1) is 11.3 Å². The van der Waals surface area contributed by atoms with Crippen molar-refractivity contribution >= 4 is 16.2 Å². The van der Waals surface area contributed by atoms with Crippen molar-refractivity contribution in [2.45, 2.75) is 6.92 Å². The van der Waals surface area contributed by atoms with E-state index in [1.165, 1.54) is 20.8 Å². The van der Waals surface area contributed by atoms with Gasteiger partial charge in [-0.05, 0) is 13.0 Å². The number of rotatable bonds is 1. The summed E-state index contributed by atoms with van der Waals surface area (Å²) in [6, 6.07) is 2.07. The van der Waals surface area contributed by atoms with Gasteiger partial charge < -0.3 is 4.98 Å². The van der Waals surface area contributed by atoms with Crippen molar-refractivity contribution in [2.24, 2.45) is 0 Å². The second kappa shape index (κ2) is 2.72. The third kappa shape index (κ3) is 1.01. The van der Waals surface area contributed by atoms with Crippen LogP contribution in [-0.2, 0) is 0 Å². The van der Waals surface area contributed by atoms with Gasteiger partial charge in [-0.2, -0.15) is 5.10 Å². The number of aryl methyl sites for hydroxylation is 1. The Bertz CT molecular complexity index is 559. The minimum Gasteiger partial charge on any atom is -0.367 e. The Kier molecular flexibility index (Phi) is 1.52. The number of fused-ring (bicyclic) bond motifs is 1. The zero-order valence-corrected chi connectivity index (χ0v) is 8.51. The van der Waals surface area contributed by atoms with Crippen LogP contribution in [0.4, 0.5) is 0 Å². The van der Waals surface area contributed by atoms with Crippen LogP contribution in [0, 0.1) is 6.92 Å². The second-order valence-corrected chi connectivity index (χ2v) is 4.30.